The Morgan fingerprint density at radius 3 is 2.78 bits per heavy atom. The number of alkyl halides is 1. The van der Waals surface area contributed by atoms with Crippen molar-refractivity contribution in [3.8, 4) is 0 Å². The van der Waals surface area contributed by atoms with E-state index < -0.39 is 0 Å². The van der Waals surface area contributed by atoms with E-state index in [-0.39, 0.29) is 10.6 Å². The first-order valence-corrected chi connectivity index (χ1v) is 7.34. The first kappa shape index (κ1) is 14.0. The maximum Gasteiger partial charge on any atom is 0.128 e. The van der Waals surface area contributed by atoms with E-state index >= 15 is 0 Å². The maximum atomic E-state index is 13.8. The standard InChI is InChI=1S/C13H9Br2ClFN/c14-9-2-1-3-12(17)13(9)10(15)6-8-4-5-18-7-11(8)16/h1-5,7,10H,6H2. The summed E-state index contributed by atoms with van der Waals surface area (Å²) in [6, 6.07) is 6.77. The quantitative estimate of drug-likeness (QED) is 0.644. The molecule has 0 amide bonds. The van der Waals surface area contributed by atoms with Crippen LogP contribution in [0, 0.1) is 5.82 Å². The van der Waals surface area contributed by atoms with Gasteiger partial charge in [0.05, 0.1) is 5.02 Å². The zero-order valence-corrected chi connectivity index (χ0v) is 13.1. The molecule has 5 heteroatoms. The number of hydrogen-bond donors (Lipinski definition) is 0. The first-order valence-electron chi connectivity index (χ1n) is 5.26. The molecule has 1 heterocycles. The fourth-order valence-corrected chi connectivity index (χ4v) is 3.61. The van der Waals surface area contributed by atoms with Gasteiger partial charge in [-0.05, 0) is 30.2 Å². The first-order chi connectivity index (χ1) is 8.59. The Hall–Kier alpha value is -0.450. The van der Waals surface area contributed by atoms with Crippen LogP contribution >= 0.6 is 43.5 Å². The van der Waals surface area contributed by atoms with Crippen molar-refractivity contribution < 1.29 is 4.39 Å². The molecule has 1 nitrogen and oxygen atoms in total. The molecule has 0 saturated heterocycles. The smallest absolute Gasteiger partial charge is 0.128 e. The summed E-state index contributed by atoms with van der Waals surface area (Å²) in [5.74, 6) is -0.239. The van der Waals surface area contributed by atoms with E-state index in [0.29, 0.717) is 17.0 Å². The molecule has 94 valence electrons. The molecule has 0 aliphatic rings. The second-order valence-electron chi connectivity index (χ2n) is 3.77. The van der Waals surface area contributed by atoms with Crippen LogP contribution in [0.4, 0.5) is 4.39 Å². The number of aromatic nitrogens is 1. The van der Waals surface area contributed by atoms with E-state index in [1.165, 1.54) is 6.07 Å². The number of rotatable bonds is 3. The molecule has 2 rings (SSSR count). The highest BCUT2D eigenvalue weighted by Crippen LogP contribution is 2.35. The van der Waals surface area contributed by atoms with Gasteiger partial charge in [-0.15, -0.1) is 0 Å². The van der Waals surface area contributed by atoms with Gasteiger partial charge in [-0.1, -0.05) is 49.5 Å². The maximum absolute atomic E-state index is 13.8. The molecule has 0 fully saturated rings. The van der Waals surface area contributed by atoms with E-state index in [2.05, 4.69) is 36.8 Å². The fraction of sp³-hybridized carbons (Fsp3) is 0.154. The van der Waals surface area contributed by atoms with Gasteiger partial charge >= 0.3 is 0 Å². The Morgan fingerprint density at radius 1 is 1.33 bits per heavy atom. The van der Waals surface area contributed by atoms with E-state index in [0.717, 1.165) is 10.0 Å². The van der Waals surface area contributed by atoms with Crippen LogP contribution in [0.25, 0.3) is 0 Å². The van der Waals surface area contributed by atoms with Crippen molar-refractivity contribution in [2.75, 3.05) is 0 Å². The molecule has 1 aromatic carbocycles. The molecule has 1 aromatic heterocycles. The van der Waals surface area contributed by atoms with E-state index in [9.17, 15) is 4.39 Å². The van der Waals surface area contributed by atoms with Gasteiger partial charge in [0.2, 0.25) is 0 Å². The third-order valence-corrected chi connectivity index (χ3v) is 4.38. The Morgan fingerprint density at radius 2 is 2.11 bits per heavy atom. The summed E-state index contributed by atoms with van der Waals surface area (Å²) in [7, 11) is 0. The van der Waals surface area contributed by atoms with E-state index in [1.807, 2.05) is 12.1 Å². The third-order valence-electron chi connectivity index (χ3n) is 2.57. The van der Waals surface area contributed by atoms with Gasteiger partial charge in [0.15, 0.2) is 0 Å². The predicted octanol–water partition coefficient (Wildman–Crippen LogP) is 5.32. The topological polar surface area (TPSA) is 12.9 Å². The molecule has 0 N–H and O–H groups in total. The lowest BCUT2D eigenvalue weighted by molar-refractivity contribution is 0.606. The summed E-state index contributed by atoms with van der Waals surface area (Å²) < 4.78 is 14.5. The number of nitrogens with zero attached hydrogens (tertiary/aromatic N) is 1. The Labute approximate surface area is 127 Å². The average molecular weight is 393 g/mol. The summed E-state index contributed by atoms with van der Waals surface area (Å²) >= 11 is 12.9. The van der Waals surface area contributed by atoms with E-state index in [4.69, 9.17) is 11.6 Å². The molecule has 0 aliphatic carbocycles. The number of pyridine rings is 1. The van der Waals surface area contributed by atoms with Gasteiger partial charge in [-0.3, -0.25) is 4.98 Å². The summed E-state index contributed by atoms with van der Waals surface area (Å²) in [6.45, 7) is 0. The normalized spacial score (nSPS) is 12.4. The van der Waals surface area contributed by atoms with Crippen LogP contribution in [0.3, 0.4) is 0 Å². The van der Waals surface area contributed by atoms with Crippen molar-refractivity contribution >= 4 is 43.5 Å². The van der Waals surface area contributed by atoms with Crippen LogP contribution in [0.15, 0.2) is 41.1 Å². The van der Waals surface area contributed by atoms with Crippen molar-refractivity contribution in [1.82, 2.24) is 4.98 Å². The SMILES string of the molecule is Fc1cccc(Br)c1C(Br)Cc1ccncc1Cl. The lowest BCUT2D eigenvalue weighted by atomic mass is 10.0. The molecular weight excluding hydrogens is 384 g/mol. The third kappa shape index (κ3) is 3.11. The van der Waals surface area contributed by atoms with Crippen LogP contribution in [0.1, 0.15) is 16.0 Å². The highest BCUT2D eigenvalue weighted by Gasteiger charge is 2.17. The lowest BCUT2D eigenvalue weighted by Gasteiger charge is -2.14. The van der Waals surface area contributed by atoms with Gasteiger partial charge < -0.3 is 0 Å². The summed E-state index contributed by atoms with van der Waals surface area (Å²) in [6.07, 6.45) is 3.87. The van der Waals surface area contributed by atoms with Crippen molar-refractivity contribution in [3.63, 3.8) is 0 Å². The van der Waals surface area contributed by atoms with Crippen molar-refractivity contribution in [1.29, 1.82) is 0 Å². The van der Waals surface area contributed by atoms with Crippen LogP contribution in [0.5, 0.6) is 0 Å². The number of halogens is 4. The number of benzene rings is 1. The molecule has 0 bridgehead atoms. The molecule has 2 aromatic rings. The second kappa shape index (κ2) is 6.13. The lowest BCUT2D eigenvalue weighted by Crippen LogP contribution is -2.00. The van der Waals surface area contributed by atoms with Gasteiger partial charge in [0.25, 0.3) is 0 Å². The van der Waals surface area contributed by atoms with Gasteiger partial charge in [0.1, 0.15) is 5.82 Å². The second-order valence-corrected chi connectivity index (χ2v) is 6.14. The monoisotopic (exact) mass is 391 g/mol. The minimum atomic E-state index is -0.239. The highest BCUT2D eigenvalue weighted by molar-refractivity contribution is 9.11. The van der Waals surface area contributed by atoms with Crippen molar-refractivity contribution in [2.45, 2.75) is 11.2 Å². The zero-order valence-electron chi connectivity index (χ0n) is 9.21. The van der Waals surface area contributed by atoms with Crippen LogP contribution in [-0.2, 0) is 6.42 Å². The Kier molecular flexibility index (Phi) is 4.76. The molecule has 0 spiro atoms. The largest absolute Gasteiger partial charge is 0.263 e. The molecule has 1 atom stereocenters. The van der Waals surface area contributed by atoms with Crippen LogP contribution in [0.2, 0.25) is 5.02 Å². The Balaban J connectivity index is 2.28. The highest BCUT2D eigenvalue weighted by atomic mass is 79.9. The van der Waals surface area contributed by atoms with Gasteiger partial charge in [-0.25, -0.2) is 4.39 Å². The van der Waals surface area contributed by atoms with Crippen molar-refractivity contribution in [2.24, 2.45) is 0 Å². The summed E-state index contributed by atoms with van der Waals surface area (Å²) in [5.41, 5.74) is 1.54. The zero-order chi connectivity index (χ0) is 13.1. The Bertz CT molecular complexity index is 542. The number of hydrogen-bond acceptors (Lipinski definition) is 1. The average Bonchev–Trinajstić information content (AvgIpc) is 2.32. The minimum Gasteiger partial charge on any atom is -0.263 e. The predicted molar refractivity (Wildman–Crippen MR) is 78.7 cm³/mol. The summed E-state index contributed by atoms with van der Waals surface area (Å²) in [4.78, 5) is 3.78. The molecule has 0 saturated carbocycles. The van der Waals surface area contributed by atoms with Gasteiger partial charge in [-0.2, -0.15) is 0 Å². The molecule has 0 radical (unpaired) electrons. The molecule has 18 heavy (non-hydrogen) atoms. The van der Waals surface area contributed by atoms with E-state index in [1.54, 1.807) is 18.5 Å². The molecular formula is C13H9Br2ClFN. The summed E-state index contributed by atoms with van der Waals surface area (Å²) in [5, 5.41) is 0.592. The molecule has 0 aliphatic heterocycles. The van der Waals surface area contributed by atoms with Crippen molar-refractivity contribution in [3.05, 3.63) is 63.1 Å². The van der Waals surface area contributed by atoms with Crippen LogP contribution in [-0.4, -0.2) is 4.98 Å². The van der Waals surface area contributed by atoms with Crippen LogP contribution < -0.4 is 0 Å². The molecule has 1 unspecified atom stereocenters. The van der Waals surface area contributed by atoms with Gasteiger partial charge in [0, 0.05) is 27.3 Å². The minimum absolute atomic E-state index is 0.145. The fourth-order valence-electron chi connectivity index (χ4n) is 1.67.